The largest absolute Gasteiger partial charge is 0.330 e. The van der Waals surface area contributed by atoms with Crippen molar-refractivity contribution >= 4 is 17.4 Å². The van der Waals surface area contributed by atoms with Gasteiger partial charge in [0.05, 0.1) is 0 Å². The van der Waals surface area contributed by atoms with E-state index in [1.807, 2.05) is 23.1 Å². The number of nitrogens with two attached hydrogens (primary N) is 1. The highest BCUT2D eigenvalue weighted by Gasteiger charge is 2.23. The van der Waals surface area contributed by atoms with Gasteiger partial charge in [0.1, 0.15) is 0 Å². The molecule has 1 heterocycles. The molecule has 0 aliphatic carbocycles. The number of Topliss-reactive ketones (excluding diaryl/α,β-unsaturated/α-hetero) is 1. The van der Waals surface area contributed by atoms with E-state index in [0.29, 0.717) is 25.3 Å². The van der Waals surface area contributed by atoms with Crippen molar-refractivity contribution in [2.75, 3.05) is 18.0 Å². The number of carbonyl (C=O) groups excluding carboxylic acids is 2. The highest BCUT2D eigenvalue weighted by molar-refractivity contribution is 5.99. The molecule has 0 aromatic heterocycles. The minimum absolute atomic E-state index is 0.138. The van der Waals surface area contributed by atoms with Crippen molar-refractivity contribution in [3.63, 3.8) is 0 Å². The second-order valence-corrected chi connectivity index (χ2v) is 6.41. The fourth-order valence-electron chi connectivity index (χ4n) is 2.90. The number of aryl methyl sites for hydroxylation is 1. The lowest BCUT2D eigenvalue weighted by molar-refractivity contribution is -0.119. The van der Waals surface area contributed by atoms with Gasteiger partial charge in [0.25, 0.3) is 0 Å². The van der Waals surface area contributed by atoms with Crippen molar-refractivity contribution in [2.45, 2.75) is 46.0 Å². The van der Waals surface area contributed by atoms with Crippen LogP contribution in [0.15, 0.2) is 18.2 Å². The van der Waals surface area contributed by atoms with Crippen LogP contribution in [0, 0.1) is 5.92 Å². The molecule has 0 saturated heterocycles. The Labute approximate surface area is 132 Å². The molecule has 22 heavy (non-hydrogen) atoms. The third-order valence-corrected chi connectivity index (χ3v) is 4.01. The zero-order valence-electron chi connectivity index (χ0n) is 13.6. The van der Waals surface area contributed by atoms with Crippen LogP contribution in [-0.4, -0.2) is 24.8 Å². The Hall–Kier alpha value is -1.68. The smallest absolute Gasteiger partial charge is 0.227 e. The van der Waals surface area contributed by atoms with E-state index < -0.39 is 0 Å². The van der Waals surface area contributed by atoms with Crippen LogP contribution in [0.1, 0.15) is 55.5 Å². The maximum atomic E-state index is 12.4. The van der Waals surface area contributed by atoms with Gasteiger partial charge in [-0.3, -0.25) is 9.59 Å². The van der Waals surface area contributed by atoms with Crippen molar-refractivity contribution in [1.82, 2.24) is 0 Å². The number of anilines is 1. The molecule has 0 spiro atoms. The zero-order valence-corrected chi connectivity index (χ0v) is 13.6. The number of rotatable bonds is 6. The molecule has 2 N–H and O–H groups in total. The Morgan fingerprint density at radius 3 is 2.77 bits per heavy atom. The van der Waals surface area contributed by atoms with Crippen molar-refractivity contribution in [1.29, 1.82) is 0 Å². The first-order chi connectivity index (χ1) is 10.5. The maximum absolute atomic E-state index is 12.4. The van der Waals surface area contributed by atoms with E-state index in [0.717, 1.165) is 42.6 Å². The normalized spacial score (nSPS) is 14.1. The zero-order chi connectivity index (χ0) is 16.1. The Morgan fingerprint density at radius 1 is 1.32 bits per heavy atom. The van der Waals surface area contributed by atoms with E-state index in [9.17, 15) is 9.59 Å². The van der Waals surface area contributed by atoms with Crippen LogP contribution in [0.25, 0.3) is 0 Å². The van der Waals surface area contributed by atoms with Gasteiger partial charge in [-0.2, -0.15) is 0 Å². The fraction of sp³-hybridized carbons (Fsp3) is 0.556. The molecule has 0 fully saturated rings. The third kappa shape index (κ3) is 3.95. The number of fused-ring (bicyclic) bond motifs is 1. The molecular weight excluding hydrogens is 276 g/mol. The highest BCUT2D eigenvalue weighted by Crippen LogP contribution is 2.29. The molecule has 4 heteroatoms. The Balaban J connectivity index is 2.19. The summed E-state index contributed by atoms with van der Waals surface area (Å²) in [7, 11) is 0. The molecular formula is C18H26N2O2. The van der Waals surface area contributed by atoms with E-state index >= 15 is 0 Å². The molecule has 0 bridgehead atoms. The fourth-order valence-corrected chi connectivity index (χ4v) is 2.90. The molecule has 1 aliphatic heterocycles. The predicted molar refractivity (Wildman–Crippen MR) is 89.2 cm³/mol. The van der Waals surface area contributed by atoms with Gasteiger partial charge in [0.15, 0.2) is 5.78 Å². The quantitative estimate of drug-likeness (QED) is 0.822. The van der Waals surface area contributed by atoms with Crippen molar-refractivity contribution in [3.05, 3.63) is 29.3 Å². The van der Waals surface area contributed by atoms with Crippen LogP contribution in [0.3, 0.4) is 0 Å². The molecule has 0 saturated carbocycles. The van der Waals surface area contributed by atoms with Crippen molar-refractivity contribution in [3.8, 4) is 0 Å². The van der Waals surface area contributed by atoms with Gasteiger partial charge in [-0.25, -0.2) is 0 Å². The second-order valence-electron chi connectivity index (χ2n) is 6.41. The van der Waals surface area contributed by atoms with Gasteiger partial charge in [-0.05, 0) is 55.5 Å². The number of hydrogen-bond donors (Lipinski definition) is 1. The maximum Gasteiger partial charge on any atom is 0.227 e. The summed E-state index contributed by atoms with van der Waals surface area (Å²) in [5.41, 5.74) is 8.29. The number of benzene rings is 1. The van der Waals surface area contributed by atoms with Crippen LogP contribution >= 0.6 is 0 Å². The Kier molecular flexibility index (Phi) is 5.72. The van der Waals surface area contributed by atoms with Gasteiger partial charge in [-0.1, -0.05) is 13.8 Å². The van der Waals surface area contributed by atoms with Gasteiger partial charge >= 0.3 is 0 Å². The van der Waals surface area contributed by atoms with Crippen LogP contribution in [-0.2, 0) is 11.2 Å². The highest BCUT2D eigenvalue weighted by atomic mass is 16.2. The average Bonchev–Trinajstić information content (AvgIpc) is 2.50. The van der Waals surface area contributed by atoms with Crippen molar-refractivity contribution in [2.24, 2.45) is 11.7 Å². The minimum Gasteiger partial charge on any atom is -0.330 e. The first kappa shape index (κ1) is 16.7. The molecule has 2 rings (SSSR count). The van der Waals surface area contributed by atoms with E-state index in [1.165, 1.54) is 0 Å². The summed E-state index contributed by atoms with van der Waals surface area (Å²) < 4.78 is 0. The van der Waals surface area contributed by atoms with Crippen LogP contribution in [0.5, 0.6) is 0 Å². The first-order valence-electron chi connectivity index (χ1n) is 8.19. The van der Waals surface area contributed by atoms with Crippen molar-refractivity contribution < 1.29 is 9.59 Å². The number of nitrogens with zero attached hydrogens (tertiary/aromatic N) is 1. The van der Waals surface area contributed by atoms with E-state index in [4.69, 9.17) is 5.73 Å². The molecule has 1 amide bonds. The van der Waals surface area contributed by atoms with E-state index in [1.54, 1.807) is 0 Å². The molecule has 0 radical (unpaired) electrons. The SMILES string of the molecule is CC(C)CC(=O)N1CCCc2cc(C(=O)CCCN)ccc21. The number of carbonyl (C=O) groups is 2. The van der Waals surface area contributed by atoms with Gasteiger partial charge in [0, 0.05) is 30.6 Å². The summed E-state index contributed by atoms with van der Waals surface area (Å²) in [5.74, 6) is 0.673. The van der Waals surface area contributed by atoms with Crippen LogP contribution in [0.2, 0.25) is 0 Å². The number of ketones is 1. The van der Waals surface area contributed by atoms with Crippen LogP contribution < -0.4 is 10.6 Å². The van der Waals surface area contributed by atoms with E-state index in [2.05, 4.69) is 13.8 Å². The molecule has 1 aromatic carbocycles. The Bertz CT molecular complexity index is 552. The lowest BCUT2D eigenvalue weighted by Crippen LogP contribution is -2.36. The molecule has 120 valence electrons. The summed E-state index contributed by atoms with van der Waals surface area (Å²) in [6.07, 6.45) is 3.66. The second kappa shape index (κ2) is 7.54. The minimum atomic E-state index is 0.138. The van der Waals surface area contributed by atoms with E-state index in [-0.39, 0.29) is 11.7 Å². The lowest BCUT2D eigenvalue weighted by Gasteiger charge is -2.30. The van der Waals surface area contributed by atoms with Gasteiger partial charge < -0.3 is 10.6 Å². The standard InChI is InChI=1S/C18H26N2O2/c1-13(2)11-18(22)20-10-4-5-14-12-15(7-8-16(14)20)17(21)6-3-9-19/h7-8,12-13H,3-6,9-11,19H2,1-2H3. The monoisotopic (exact) mass is 302 g/mol. The lowest BCUT2D eigenvalue weighted by atomic mass is 9.96. The summed E-state index contributed by atoms with van der Waals surface area (Å²) in [5, 5.41) is 0. The predicted octanol–water partition coefficient (Wildman–Crippen LogP) is 2.93. The topological polar surface area (TPSA) is 63.4 Å². The summed E-state index contributed by atoms with van der Waals surface area (Å²) >= 11 is 0. The number of amides is 1. The molecule has 1 aromatic rings. The summed E-state index contributed by atoms with van der Waals surface area (Å²) in [6, 6.07) is 5.74. The van der Waals surface area contributed by atoms with Crippen LogP contribution in [0.4, 0.5) is 5.69 Å². The first-order valence-corrected chi connectivity index (χ1v) is 8.19. The van der Waals surface area contributed by atoms with Gasteiger partial charge in [-0.15, -0.1) is 0 Å². The molecule has 0 atom stereocenters. The number of hydrogen-bond acceptors (Lipinski definition) is 3. The summed E-state index contributed by atoms with van der Waals surface area (Å²) in [6.45, 7) is 5.43. The average molecular weight is 302 g/mol. The Morgan fingerprint density at radius 2 is 2.09 bits per heavy atom. The van der Waals surface area contributed by atoms with Gasteiger partial charge in [0.2, 0.25) is 5.91 Å². The molecule has 0 unspecified atom stereocenters. The summed E-state index contributed by atoms with van der Waals surface area (Å²) in [4.78, 5) is 26.4. The molecule has 1 aliphatic rings. The molecule has 4 nitrogen and oxygen atoms in total. The third-order valence-electron chi connectivity index (χ3n) is 4.01.